The summed E-state index contributed by atoms with van der Waals surface area (Å²) >= 11 is 0. The predicted molar refractivity (Wildman–Crippen MR) is 96.7 cm³/mol. The van der Waals surface area contributed by atoms with Crippen molar-refractivity contribution in [3.05, 3.63) is 24.4 Å². The van der Waals surface area contributed by atoms with Gasteiger partial charge in [0.05, 0.1) is 0 Å². The third-order valence-corrected chi connectivity index (χ3v) is 6.77. The average Bonchev–Trinajstić information content (AvgIpc) is 3.09. The van der Waals surface area contributed by atoms with Crippen LogP contribution in [0.15, 0.2) is 24.4 Å². The average molecular weight is 313 g/mol. The van der Waals surface area contributed by atoms with Crippen molar-refractivity contribution in [2.45, 2.75) is 89.1 Å². The number of rotatable bonds is 3. The first-order valence-corrected chi connectivity index (χ1v) is 10.1. The highest BCUT2D eigenvalue weighted by molar-refractivity contribution is 5.43. The summed E-state index contributed by atoms with van der Waals surface area (Å²) in [5.74, 6) is 3.09. The summed E-state index contributed by atoms with van der Waals surface area (Å²) in [5, 5.41) is 0. The molecule has 2 heterocycles. The minimum atomic E-state index is 0.761. The summed E-state index contributed by atoms with van der Waals surface area (Å²) in [6, 6.07) is 8.02. The van der Waals surface area contributed by atoms with Gasteiger partial charge in [-0.25, -0.2) is 4.98 Å². The van der Waals surface area contributed by atoms with Gasteiger partial charge < -0.3 is 4.90 Å². The molecule has 2 aliphatic carbocycles. The van der Waals surface area contributed by atoms with Gasteiger partial charge in [-0.15, -0.1) is 0 Å². The molecule has 1 saturated heterocycles. The lowest BCUT2D eigenvalue weighted by Gasteiger charge is -2.41. The Labute approximate surface area is 141 Å². The van der Waals surface area contributed by atoms with Gasteiger partial charge in [0.25, 0.3) is 0 Å². The van der Waals surface area contributed by atoms with Crippen LogP contribution in [0.2, 0.25) is 0 Å². The minimum Gasteiger partial charge on any atom is -0.350 e. The molecular weight excluding hydrogens is 280 g/mol. The Morgan fingerprint density at radius 2 is 1.26 bits per heavy atom. The maximum atomic E-state index is 4.78. The molecule has 3 aliphatic rings. The minimum absolute atomic E-state index is 0.761. The zero-order chi connectivity index (χ0) is 15.5. The van der Waals surface area contributed by atoms with Crippen molar-refractivity contribution in [1.29, 1.82) is 0 Å². The molecule has 0 aromatic carbocycles. The van der Waals surface area contributed by atoms with Crippen LogP contribution in [0.3, 0.4) is 0 Å². The summed E-state index contributed by atoms with van der Waals surface area (Å²) in [6.07, 6.45) is 19.3. The number of hydrogen-bond acceptors (Lipinski definition) is 2. The Morgan fingerprint density at radius 3 is 1.74 bits per heavy atom. The molecule has 2 nitrogen and oxygen atoms in total. The van der Waals surface area contributed by atoms with Crippen LogP contribution in [0.1, 0.15) is 77.0 Å². The first-order chi connectivity index (χ1) is 11.4. The lowest BCUT2D eigenvalue weighted by molar-refractivity contribution is 0.277. The Morgan fingerprint density at radius 1 is 0.696 bits per heavy atom. The van der Waals surface area contributed by atoms with Gasteiger partial charge in [-0.3, -0.25) is 0 Å². The lowest BCUT2D eigenvalue weighted by Crippen LogP contribution is -2.45. The van der Waals surface area contributed by atoms with Gasteiger partial charge in [0, 0.05) is 18.3 Å². The number of nitrogens with zero attached hydrogens (tertiary/aromatic N) is 2. The highest BCUT2D eigenvalue weighted by Crippen LogP contribution is 2.43. The van der Waals surface area contributed by atoms with Gasteiger partial charge in [0.15, 0.2) is 0 Å². The van der Waals surface area contributed by atoms with Crippen molar-refractivity contribution in [2.24, 2.45) is 11.8 Å². The molecule has 2 atom stereocenters. The molecule has 2 heteroatoms. The molecule has 0 N–H and O–H groups in total. The maximum absolute atomic E-state index is 4.78. The van der Waals surface area contributed by atoms with Crippen LogP contribution in [0, 0.1) is 11.8 Å². The fourth-order valence-electron chi connectivity index (χ4n) is 5.68. The van der Waals surface area contributed by atoms with Crippen molar-refractivity contribution in [1.82, 2.24) is 4.98 Å². The van der Waals surface area contributed by atoms with Crippen molar-refractivity contribution in [3.63, 3.8) is 0 Å². The summed E-state index contributed by atoms with van der Waals surface area (Å²) in [7, 11) is 0. The van der Waals surface area contributed by atoms with E-state index in [1.54, 1.807) is 0 Å². The lowest BCUT2D eigenvalue weighted by atomic mass is 9.82. The van der Waals surface area contributed by atoms with Crippen molar-refractivity contribution in [3.8, 4) is 0 Å². The molecule has 1 aliphatic heterocycles. The van der Waals surface area contributed by atoms with Gasteiger partial charge in [0.1, 0.15) is 5.82 Å². The topological polar surface area (TPSA) is 16.1 Å². The fourth-order valence-corrected chi connectivity index (χ4v) is 5.68. The van der Waals surface area contributed by atoms with Gasteiger partial charge >= 0.3 is 0 Å². The zero-order valence-electron chi connectivity index (χ0n) is 14.5. The number of hydrogen-bond donors (Lipinski definition) is 0. The SMILES string of the molecule is c1ccc(N2C(C3CCCCC3)CCC2C2CCCCC2)nc1. The second kappa shape index (κ2) is 7.23. The summed E-state index contributed by atoms with van der Waals surface area (Å²) in [5.41, 5.74) is 0. The number of pyridine rings is 1. The van der Waals surface area contributed by atoms with E-state index in [1.165, 1.54) is 82.9 Å². The molecule has 2 saturated carbocycles. The van der Waals surface area contributed by atoms with Crippen molar-refractivity contribution < 1.29 is 0 Å². The Bertz CT molecular complexity index is 448. The van der Waals surface area contributed by atoms with Crippen LogP contribution in [0.4, 0.5) is 5.82 Å². The van der Waals surface area contributed by atoms with E-state index in [9.17, 15) is 0 Å². The molecule has 2 unspecified atom stereocenters. The van der Waals surface area contributed by atoms with Crippen LogP contribution in [0.25, 0.3) is 0 Å². The molecule has 0 amide bonds. The molecule has 0 spiro atoms. The van der Waals surface area contributed by atoms with Gasteiger partial charge in [0.2, 0.25) is 0 Å². The Hall–Kier alpha value is -1.05. The van der Waals surface area contributed by atoms with Crippen LogP contribution < -0.4 is 4.90 Å². The third-order valence-electron chi connectivity index (χ3n) is 6.77. The van der Waals surface area contributed by atoms with Gasteiger partial charge in [-0.05, 0) is 62.5 Å². The van der Waals surface area contributed by atoms with E-state index >= 15 is 0 Å². The molecule has 0 bridgehead atoms. The van der Waals surface area contributed by atoms with Crippen LogP contribution in [-0.2, 0) is 0 Å². The first kappa shape index (κ1) is 15.5. The van der Waals surface area contributed by atoms with Crippen molar-refractivity contribution >= 4 is 5.82 Å². The standard InChI is InChI=1S/C21H32N2/c1-3-9-17(10-4-1)19-14-15-20(18-11-5-2-6-12-18)23(19)21-13-7-8-16-22-21/h7-8,13,16-20H,1-6,9-12,14-15H2. The smallest absolute Gasteiger partial charge is 0.128 e. The van der Waals surface area contributed by atoms with Crippen LogP contribution >= 0.6 is 0 Å². The van der Waals surface area contributed by atoms with E-state index in [0.29, 0.717) is 0 Å². The molecule has 126 valence electrons. The highest BCUT2D eigenvalue weighted by Gasteiger charge is 2.42. The molecule has 23 heavy (non-hydrogen) atoms. The number of anilines is 1. The van der Waals surface area contributed by atoms with E-state index in [4.69, 9.17) is 4.98 Å². The summed E-state index contributed by atoms with van der Waals surface area (Å²) in [6.45, 7) is 0. The van der Waals surface area contributed by atoms with E-state index < -0.39 is 0 Å². The molecule has 3 fully saturated rings. The molecule has 4 rings (SSSR count). The molecule has 0 radical (unpaired) electrons. The van der Waals surface area contributed by atoms with Gasteiger partial charge in [-0.2, -0.15) is 0 Å². The largest absolute Gasteiger partial charge is 0.350 e. The molecule has 1 aromatic heterocycles. The normalized spacial score (nSPS) is 30.7. The predicted octanol–water partition coefficient (Wildman–Crippen LogP) is 5.58. The zero-order valence-corrected chi connectivity index (χ0v) is 14.5. The monoisotopic (exact) mass is 312 g/mol. The van der Waals surface area contributed by atoms with Crippen molar-refractivity contribution in [2.75, 3.05) is 4.90 Å². The van der Waals surface area contributed by atoms with E-state index in [-0.39, 0.29) is 0 Å². The first-order valence-electron chi connectivity index (χ1n) is 10.1. The van der Waals surface area contributed by atoms with E-state index in [2.05, 4.69) is 23.1 Å². The number of aromatic nitrogens is 1. The molecular formula is C21H32N2. The summed E-state index contributed by atoms with van der Waals surface area (Å²) in [4.78, 5) is 7.57. The third kappa shape index (κ3) is 3.27. The van der Waals surface area contributed by atoms with E-state index in [0.717, 1.165) is 23.9 Å². The maximum Gasteiger partial charge on any atom is 0.128 e. The fraction of sp³-hybridized carbons (Fsp3) is 0.762. The highest BCUT2D eigenvalue weighted by atomic mass is 15.3. The second-order valence-electron chi connectivity index (χ2n) is 8.10. The quantitative estimate of drug-likeness (QED) is 0.724. The van der Waals surface area contributed by atoms with Crippen LogP contribution in [0.5, 0.6) is 0 Å². The summed E-state index contributed by atoms with van der Waals surface area (Å²) < 4.78 is 0. The van der Waals surface area contributed by atoms with Crippen LogP contribution in [-0.4, -0.2) is 17.1 Å². The second-order valence-corrected chi connectivity index (χ2v) is 8.10. The Kier molecular flexibility index (Phi) is 4.87. The van der Waals surface area contributed by atoms with E-state index in [1.807, 2.05) is 6.20 Å². The van der Waals surface area contributed by atoms with Gasteiger partial charge in [-0.1, -0.05) is 44.6 Å². The molecule has 1 aromatic rings. The Balaban J connectivity index is 1.58.